The highest BCUT2D eigenvalue weighted by molar-refractivity contribution is 5.11. The molecule has 2 fully saturated rings. The van der Waals surface area contributed by atoms with E-state index in [1.807, 2.05) is 0 Å². The SMILES string of the molecule is Cc1cc(CN2CC(C(C)C)NCC23CCCC3)n(C)n1. The lowest BCUT2D eigenvalue weighted by molar-refractivity contribution is 0.0242. The molecule has 0 aromatic carbocycles. The van der Waals surface area contributed by atoms with Crippen LogP contribution in [0, 0.1) is 12.8 Å². The predicted octanol–water partition coefficient (Wildman–Crippen LogP) is 2.47. The maximum Gasteiger partial charge on any atom is 0.0597 e. The molecule has 1 N–H and O–H groups in total. The van der Waals surface area contributed by atoms with Gasteiger partial charge in [-0.3, -0.25) is 9.58 Å². The molecule has 2 heterocycles. The molecule has 1 saturated heterocycles. The van der Waals surface area contributed by atoms with Crippen molar-refractivity contribution >= 4 is 0 Å². The van der Waals surface area contributed by atoms with E-state index in [2.05, 4.69) is 53.9 Å². The number of rotatable bonds is 3. The summed E-state index contributed by atoms with van der Waals surface area (Å²) in [5, 5.41) is 8.34. The van der Waals surface area contributed by atoms with Crippen molar-refractivity contribution in [3.63, 3.8) is 0 Å². The van der Waals surface area contributed by atoms with Gasteiger partial charge in [0.05, 0.1) is 11.4 Å². The van der Waals surface area contributed by atoms with Crippen LogP contribution >= 0.6 is 0 Å². The fourth-order valence-corrected chi connectivity index (χ4v) is 4.14. The summed E-state index contributed by atoms with van der Waals surface area (Å²) < 4.78 is 2.06. The summed E-state index contributed by atoms with van der Waals surface area (Å²) in [6, 6.07) is 2.86. The van der Waals surface area contributed by atoms with Gasteiger partial charge in [-0.2, -0.15) is 5.10 Å². The van der Waals surface area contributed by atoms with Crippen LogP contribution in [-0.2, 0) is 13.6 Å². The standard InChI is InChI=1S/C17H30N4/c1-13(2)16-11-21(10-15-9-14(3)19-20(15)4)17(12-18-16)7-5-6-8-17/h9,13,16,18H,5-8,10-12H2,1-4H3. The van der Waals surface area contributed by atoms with E-state index in [9.17, 15) is 0 Å². The van der Waals surface area contributed by atoms with Gasteiger partial charge in [-0.25, -0.2) is 0 Å². The number of hydrogen-bond donors (Lipinski definition) is 1. The molecule has 1 aromatic heterocycles. The number of nitrogens with zero attached hydrogens (tertiary/aromatic N) is 3. The number of nitrogens with one attached hydrogen (secondary N) is 1. The highest BCUT2D eigenvalue weighted by Gasteiger charge is 2.44. The smallest absolute Gasteiger partial charge is 0.0597 e. The minimum absolute atomic E-state index is 0.392. The Balaban J connectivity index is 1.81. The first kappa shape index (κ1) is 15.0. The van der Waals surface area contributed by atoms with Gasteiger partial charge in [-0.05, 0) is 31.7 Å². The molecule has 1 saturated carbocycles. The quantitative estimate of drug-likeness (QED) is 0.928. The van der Waals surface area contributed by atoms with Crippen molar-refractivity contribution in [1.82, 2.24) is 20.0 Å². The van der Waals surface area contributed by atoms with Gasteiger partial charge in [0.25, 0.3) is 0 Å². The lowest BCUT2D eigenvalue weighted by Gasteiger charge is -2.49. The van der Waals surface area contributed by atoms with Crippen molar-refractivity contribution in [1.29, 1.82) is 0 Å². The Labute approximate surface area is 128 Å². The number of hydrogen-bond acceptors (Lipinski definition) is 3. The van der Waals surface area contributed by atoms with Crippen LogP contribution in [0.5, 0.6) is 0 Å². The summed E-state index contributed by atoms with van der Waals surface area (Å²) in [5.74, 6) is 0.694. The van der Waals surface area contributed by atoms with Crippen molar-refractivity contribution < 1.29 is 0 Å². The zero-order valence-corrected chi connectivity index (χ0v) is 14.0. The Bertz CT molecular complexity index is 485. The Morgan fingerprint density at radius 2 is 2.10 bits per heavy atom. The van der Waals surface area contributed by atoms with E-state index in [-0.39, 0.29) is 0 Å². The second-order valence-corrected chi connectivity index (χ2v) is 7.44. The first-order valence-corrected chi connectivity index (χ1v) is 8.48. The maximum absolute atomic E-state index is 4.52. The van der Waals surface area contributed by atoms with Crippen LogP contribution in [-0.4, -0.2) is 39.4 Å². The van der Waals surface area contributed by atoms with Crippen LogP contribution in [0.2, 0.25) is 0 Å². The summed E-state index contributed by atoms with van der Waals surface area (Å²) in [6.07, 6.45) is 5.47. The number of piperazine rings is 1. The van der Waals surface area contributed by atoms with Gasteiger partial charge in [0.1, 0.15) is 0 Å². The third kappa shape index (κ3) is 2.88. The molecule has 1 unspecified atom stereocenters. The Morgan fingerprint density at radius 1 is 1.38 bits per heavy atom. The Kier molecular flexibility index (Phi) is 4.10. The maximum atomic E-state index is 4.52. The molecule has 1 aliphatic heterocycles. The van der Waals surface area contributed by atoms with E-state index < -0.39 is 0 Å². The first-order chi connectivity index (χ1) is 10.00. The van der Waals surface area contributed by atoms with Crippen molar-refractivity contribution in [2.45, 2.75) is 64.6 Å². The van der Waals surface area contributed by atoms with E-state index in [0.717, 1.165) is 18.8 Å². The third-order valence-corrected chi connectivity index (χ3v) is 5.57. The molecule has 3 rings (SSSR count). The third-order valence-electron chi connectivity index (χ3n) is 5.57. The van der Waals surface area contributed by atoms with Crippen LogP contribution < -0.4 is 5.32 Å². The molecule has 4 heteroatoms. The van der Waals surface area contributed by atoms with Crippen LogP contribution in [0.3, 0.4) is 0 Å². The fraction of sp³-hybridized carbons (Fsp3) is 0.824. The van der Waals surface area contributed by atoms with E-state index in [0.29, 0.717) is 17.5 Å². The van der Waals surface area contributed by atoms with Gasteiger partial charge < -0.3 is 5.32 Å². The summed E-state index contributed by atoms with van der Waals surface area (Å²) in [4.78, 5) is 2.76. The molecule has 21 heavy (non-hydrogen) atoms. The van der Waals surface area contributed by atoms with Crippen LogP contribution in [0.1, 0.15) is 50.9 Å². The van der Waals surface area contributed by atoms with Crippen molar-refractivity contribution in [3.05, 3.63) is 17.5 Å². The molecule has 118 valence electrons. The van der Waals surface area contributed by atoms with E-state index in [1.165, 1.54) is 37.9 Å². The number of aromatic nitrogens is 2. The summed E-state index contributed by atoms with van der Waals surface area (Å²) in [5.41, 5.74) is 2.87. The minimum atomic E-state index is 0.392. The molecule has 1 aliphatic carbocycles. The normalized spacial score (nSPS) is 26.0. The van der Waals surface area contributed by atoms with Gasteiger partial charge in [-0.15, -0.1) is 0 Å². The second kappa shape index (κ2) is 5.73. The first-order valence-electron chi connectivity index (χ1n) is 8.48. The van der Waals surface area contributed by atoms with Gasteiger partial charge in [0, 0.05) is 38.3 Å². The molecule has 2 aliphatic rings. The molecular formula is C17H30N4. The lowest BCUT2D eigenvalue weighted by Crippen LogP contribution is -2.64. The van der Waals surface area contributed by atoms with Gasteiger partial charge in [-0.1, -0.05) is 26.7 Å². The number of aryl methyl sites for hydroxylation is 2. The average molecular weight is 290 g/mol. The molecule has 1 aromatic rings. The monoisotopic (exact) mass is 290 g/mol. The van der Waals surface area contributed by atoms with Gasteiger partial charge >= 0.3 is 0 Å². The van der Waals surface area contributed by atoms with E-state index in [4.69, 9.17) is 0 Å². The summed E-state index contributed by atoms with van der Waals surface area (Å²) in [7, 11) is 2.08. The van der Waals surface area contributed by atoms with E-state index >= 15 is 0 Å². The van der Waals surface area contributed by atoms with Crippen molar-refractivity contribution in [2.75, 3.05) is 13.1 Å². The van der Waals surface area contributed by atoms with Crippen molar-refractivity contribution in [2.24, 2.45) is 13.0 Å². The van der Waals surface area contributed by atoms with Crippen LogP contribution in [0.15, 0.2) is 6.07 Å². The zero-order chi connectivity index (χ0) is 15.0. The molecular weight excluding hydrogens is 260 g/mol. The molecule has 0 bridgehead atoms. The Morgan fingerprint density at radius 3 is 2.67 bits per heavy atom. The van der Waals surface area contributed by atoms with Crippen molar-refractivity contribution in [3.8, 4) is 0 Å². The van der Waals surface area contributed by atoms with Crippen LogP contribution in [0.25, 0.3) is 0 Å². The highest BCUT2D eigenvalue weighted by Crippen LogP contribution is 2.38. The van der Waals surface area contributed by atoms with Crippen LogP contribution in [0.4, 0.5) is 0 Å². The second-order valence-electron chi connectivity index (χ2n) is 7.44. The zero-order valence-electron chi connectivity index (χ0n) is 14.0. The van der Waals surface area contributed by atoms with Gasteiger partial charge in [0.2, 0.25) is 0 Å². The largest absolute Gasteiger partial charge is 0.311 e. The minimum Gasteiger partial charge on any atom is -0.311 e. The molecule has 1 spiro atoms. The highest BCUT2D eigenvalue weighted by atomic mass is 15.3. The summed E-state index contributed by atoms with van der Waals surface area (Å²) >= 11 is 0. The van der Waals surface area contributed by atoms with E-state index in [1.54, 1.807) is 0 Å². The molecule has 4 nitrogen and oxygen atoms in total. The van der Waals surface area contributed by atoms with Gasteiger partial charge in [0.15, 0.2) is 0 Å². The molecule has 0 radical (unpaired) electrons. The Hall–Kier alpha value is -0.870. The topological polar surface area (TPSA) is 33.1 Å². The lowest BCUT2D eigenvalue weighted by atomic mass is 9.88. The predicted molar refractivity (Wildman–Crippen MR) is 86.2 cm³/mol. The summed E-state index contributed by atoms with van der Waals surface area (Å²) in [6.45, 7) is 10.1. The fourth-order valence-electron chi connectivity index (χ4n) is 4.14. The average Bonchev–Trinajstić information content (AvgIpc) is 3.00. The molecule has 0 amide bonds. The molecule has 1 atom stereocenters.